The fourth-order valence-electron chi connectivity index (χ4n) is 0.777. The van der Waals surface area contributed by atoms with Crippen LogP contribution in [0.5, 0.6) is 0 Å². The zero-order chi connectivity index (χ0) is 7.82. The second-order valence-electron chi connectivity index (χ2n) is 2.68. The van der Waals surface area contributed by atoms with Gasteiger partial charge in [0.1, 0.15) is 0 Å². The molecule has 0 aromatic rings. The average molecular weight is 144 g/mol. The minimum absolute atomic E-state index is 1.10. The van der Waals surface area contributed by atoms with Gasteiger partial charge in [0.15, 0.2) is 0 Å². The summed E-state index contributed by atoms with van der Waals surface area (Å²) in [5.41, 5.74) is 3.30. The van der Waals surface area contributed by atoms with Crippen molar-refractivity contribution in [3.63, 3.8) is 0 Å². The highest BCUT2D eigenvalue weighted by atomic mass is 15.5. The summed E-state index contributed by atoms with van der Waals surface area (Å²) >= 11 is 0. The normalized spacial score (nSPS) is 10.8. The van der Waals surface area contributed by atoms with E-state index in [1.165, 1.54) is 19.3 Å². The Balaban J connectivity index is 3.00. The monoisotopic (exact) mass is 144 g/mol. The first-order chi connectivity index (χ1) is 4.81. The van der Waals surface area contributed by atoms with Crippen molar-refractivity contribution in [2.24, 2.45) is 0 Å². The molecule has 0 aliphatic rings. The van der Waals surface area contributed by atoms with Crippen molar-refractivity contribution in [2.75, 3.05) is 20.1 Å². The summed E-state index contributed by atoms with van der Waals surface area (Å²) in [6, 6.07) is 0. The number of nitrogens with zero attached hydrogens (tertiary/aromatic N) is 1. The standard InChI is InChI=1S/C8H20N2/c1-4-6-8-10(3)9-7-5-2/h9H,4-8H2,1-3H3. The quantitative estimate of drug-likeness (QED) is 0.570. The van der Waals surface area contributed by atoms with Crippen LogP contribution in [0, 0.1) is 0 Å². The van der Waals surface area contributed by atoms with E-state index in [2.05, 4.69) is 31.3 Å². The molecule has 0 unspecified atom stereocenters. The van der Waals surface area contributed by atoms with Gasteiger partial charge in [0.25, 0.3) is 0 Å². The van der Waals surface area contributed by atoms with Crippen LogP contribution in [0.25, 0.3) is 0 Å². The zero-order valence-electron chi connectivity index (χ0n) is 7.48. The van der Waals surface area contributed by atoms with Gasteiger partial charge in [-0.3, -0.25) is 5.43 Å². The molecule has 0 heterocycles. The molecule has 0 saturated carbocycles. The predicted molar refractivity (Wildman–Crippen MR) is 45.8 cm³/mol. The second kappa shape index (κ2) is 7.03. The third kappa shape index (κ3) is 6.05. The van der Waals surface area contributed by atoms with Gasteiger partial charge in [-0.15, -0.1) is 0 Å². The highest BCUT2D eigenvalue weighted by Gasteiger charge is 1.92. The fraction of sp³-hybridized carbons (Fsp3) is 1.00. The van der Waals surface area contributed by atoms with Crippen molar-refractivity contribution in [2.45, 2.75) is 33.1 Å². The van der Waals surface area contributed by atoms with E-state index >= 15 is 0 Å². The van der Waals surface area contributed by atoms with Gasteiger partial charge in [-0.2, -0.15) is 0 Å². The Labute approximate surface area is 64.6 Å². The number of unbranched alkanes of at least 4 members (excludes halogenated alkanes) is 1. The molecule has 62 valence electrons. The lowest BCUT2D eigenvalue weighted by atomic mass is 10.3. The molecule has 0 aromatic carbocycles. The molecule has 0 spiro atoms. The molecule has 0 aliphatic carbocycles. The van der Waals surface area contributed by atoms with Crippen LogP contribution in [-0.4, -0.2) is 25.1 Å². The van der Waals surface area contributed by atoms with E-state index in [9.17, 15) is 0 Å². The van der Waals surface area contributed by atoms with Crippen molar-refractivity contribution >= 4 is 0 Å². The van der Waals surface area contributed by atoms with Crippen molar-refractivity contribution in [1.29, 1.82) is 0 Å². The lowest BCUT2D eigenvalue weighted by Gasteiger charge is -2.16. The van der Waals surface area contributed by atoms with E-state index in [0.717, 1.165) is 13.1 Å². The first kappa shape index (κ1) is 9.92. The Morgan fingerprint density at radius 2 is 1.90 bits per heavy atom. The van der Waals surface area contributed by atoms with Gasteiger partial charge in [0.2, 0.25) is 0 Å². The summed E-state index contributed by atoms with van der Waals surface area (Å²) in [6.45, 7) is 6.66. The van der Waals surface area contributed by atoms with Crippen LogP contribution < -0.4 is 5.43 Å². The maximum Gasteiger partial charge on any atom is 0.0127 e. The fourth-order valence-corrected chi connectivity index (χ4v) is 0.777. The molecule has 0 radical (unpaired) electrons. The van der Waals surface area contributed by atoms with E-state index in [1.54, 1.807) is 0 Å². The third-order valence-corrected chi connectivity index (χ3v) is 1.48. The molecule has 0 aliphatic heterocycles. The number of hydrazine groups is 1. The van der Waals surface area contributed by atoms with Gasteiger partial charge in [-0.25, -0.2) is 5.01 Å². The van der Waals surface area contributed by atoms with Crippen LogP contribution in [0.1, 0.15) is 33.1 Å². The molecule has 0 bridgehead atoms. The Morgan fingerprint density at radius 1 is 1.20 bits per heavy atom. The van der Waals surface area contributed by atoms with Crippen molar-refractivity contribution in [1.82, 2.24) is 10.4 Å². The smallest absolute Gasteiger partial charge is 0.0127 e. The molecule has 0 amide bonds. The Hall–Kier alpha value is -0.0800. The van der Waals surface area contributed by atoms with Crippen LogP contribution in [0.3, 0.4) is 0 Å². The van der Waals surface area contributed by atoms with Crippen molar-refractivity contribution in [3.8, 4) is 0 Å². The number of hydrogen-bond acceptors (Lipinski definition) is 2. The largest absolute Gasteiger partial charge is 0.255 e. The molecule has 1 N–H and O–H groups in total. The van der Waals surface area contributed by atoms with Gasteiger partial charge >= 0.3 is 0 Å². The zero-order valence-corrected chi connectivity index (χ0v) is 7.48. The molecule has 0 aromatic heterocycles. The summed E-state index contributed by atoms with van der Waals surface area (Å²) in [5.74, 6) is 0. The molecular formula is C8H20N2. The van der Waals surface area contributed by atoms with E-state index < -0.39 is 0 Å². The number of hydrogen-bond donors (Lipinski definition) is 1. The minimum atomic E-state index is 1.10. The lowest BCUT2D eigenvalue weighted by Crippen LogP contribution is -2.35. The number of rotatable bonds is 6. The second-order valence-corrected chi connectivity index (χ2v) is 2.68. The Kier molecular flexibility index (Phi) is 6.98. The van der Waals surface area contributed by atoms with Gasteiger partial charge in [0, 0.05) is 20.1 Å². The van der Waals surface area contributed by atoms with Crippen LogP contribution in [-0.2, 0) is 0 Å². The van der Waals surface area contributed by atoms with Gasteiger partial charge in [0.05, 0.1) is 0 Å². The minimum Gasteiger partial charge on any atom is -0.255 e. The van der Waals surface area contributed by atoms with Crippen LogP contribution in [0.4, 0.5) is 0 Å². The molecule has 0 fully saturated rings. The molecule has 2 heteroatoms. The molecule has 0 atom stereocenters. The van der Waals surface area contributed by atoms with E-state index in [4.69, 9.17) is 0 Å². The lowest BCUT2D eigenvalue weighted by molar-refractivity contribution is 0.232. The third-order valence-electron chi connectivity index (χ3n) is 1.48. The highest BCUT2D eigenvalue weighted by molar-refractivity contribution is 4.43. The SMILES string of the molecule is CCCCN(C)NCCC. The molecule has 2 nitrogen and oxygen atoms in total. The summed E-state index contributed by atoms with van der Waals surface area (Å²) in [6.07, 6.45) is 3.77. The van der Waals surface area contributed by atoms with E-state index in [-0.39, 0.29) is 0 Å². The first-order valence-electron chi connectivity index (χ1n) is 4.25. The van der Waals surface area contributed by atoms with Gasteiger partial charge in [-0.1, -0.05) is 20.3 Å². The molecular weight excluding hydrogens is 124 g/mol. The van der Waals surface area contributed by atoms with E-state index in [0.29, 0.717) is 0 Å². The summed E-state index contributed by atoms with van der Waals surface area (Å²) in [5, 5.41) is 2.17. The van der Waals surface area contributed by atoms with Crippen molar-refractivity contribution in [3.05, 3.63) is 0 Å². The first-order valence-corrected chi connectivity index (χ1v) is 4.25. The maximum atomic E-state index is 3.30. The van der Waals surface area contributed by atoms with Crippen LogP contribution in [0.2, 0.25) is 0 Å². The topological polar surface area (TPSA) is 15.3 Å². The van der Waals surface area contributed by atoms with E-state index in [1.807, 2.05) is 0 Å². The molecule has 0 rings (SSSR count). The predicted octanol–water partition coefficient (Wildman–Crippen LogP) is 1.63. The van der Waals surface area contributed by atoms with Gasteiger partial charge < -0.3 is 0 Å². The molecule has 10 heavy (non-hydrogen) atoms. The van der Waals surface area contributed by atoms with Crippen molar-refractivity contribution < 1.29 is 0 Å². The number of nitrogens with one attached hydrogen (secondary N) is 1. The van der Waals surface area contributed by atoms with Crippen LogP contribution >= 0.6 is 0 Å². The summed E-state index contributed by atoms with van der Waals surface area (Å²) < 4.78 is 0. The molecule has 0 saturated heterocycles. The van der Waals surface area contributed by atoms with Crippen LogP contribution in [0.15, 0.2) is 0 Å². The highest BCUT2D eigenvalue weighted by Crippen LogP contribution is 1.87. The Morgan fingerprint density at radius 3 is 2.40 bits per heavy atom. The summed E-state index contributed by atoms with van der Waals surface area (Å²) in [4.78, 5) is 0. The van der Waals surface area contributed by atoms with Gasteiger partial charge in [-0.05, 0) is 12.8 Å². The maximum absolute atomic E-state index is 3.30. The summed E-state index contributed by atoms with van der Waals surface area (Å²) in [7, 11) is 2.10. The average Bonchev–Trinajstić information content (AvgIpc) is 1.97. The Bertz CT molecular complexity index is 56.3.